The fourth-order valence-corrected chi connectivity index (χ4v) is 4.52. The third-order valence-electron chi connectivity index (χ3n) is 5.00. The summed E-state index contributed by atoms with van der Waals surface area (Å²) in [7, 11) is -0.799. The Kier molecular flexibility index (Phi) is 5.83. The number of ether oxygens (including phenoxy) is 2. The lowest BCUT2D eigenvalue weighted by molar-refractivity contribution is 0.0950. The average molecular weight is 452 g/mol. The van der Waals surface area contributed by atoms with E-state index in [-0.39, 0.29) is 22.2 Å². The molecule has 4 aromatic rings. The van der Waals surface area contributed by atoms with E-state index in [1.807, 2.05) is 0 Å². The van der Waals surface area contributed by atoms with Crippen LogP contribution in [0.3, 0.4) is 0 Å². The number of nitrogens with one attached hydrogen (secondary N) is 1. The number of imidazole rings is 1. The van der Waals surface area contributed by atoms with Crippen LogP contribution in [0, 0.1) is 0 Å². The molecule has 1 amide bonds. The zero-order valence-electron chi connectivity index (χ0n) is 17.5. The summed E-state index contributed by atoms with van der Waals surface area (Å²) >= 11 is 0. The van der Waals surface area contributed by atoms with Gasteiger partial charge in [-0.1, -0.05) is 12.1 Å². The first-order valence-corrected chi connectivity index (χ1v) is 11.2. The van der Waals surface area contributed by atoms with E-state index in [9.17, 15) is 13.2 Å². The Morgan fingerprint density at radius 2 is 1.69 bits per heavy atom. The number of carbonyl (C=O) groups is 1. The first-order valence-electron chi connectivity index (χ1n) is 9.69. The van der Waals surface area contributed by atoms with Crippen molar-refractivity contribution < 1.29 is 22.7 Å². The summed E-state index contributed by atoms with van der Waals surface area (Å²) in [5.74, 6) is 0.550. The number of hydrogen-bond acceptors (Lipinski definition) is 6. The Morgan fingerprint density at radius 1 is 0.969 bits per heavy atom. The lowest BCUT2D eigenvalue weighted by Crippen LogP contribution is -2.23. The molecule has 0 bridgehead atoms. The molecule has 1 N–H and O–H groups in total. The van der Waals surface area contributed by atoms with E-state index in [0.29, 0.717) is 17.1 Å². The number of amides is 1. The Hall–Kier alpha value is -3.85. The van der Waals surface area contributed by atoms with Gasteiger partial charge in [0.2, 0.25) is 9.84 Å². The summed E-state index contributed by atoms with van der Waals surface area (Å²) in [6, 6.07) is 14.3. The summed E-state index contributed by atoms with van der Waals surface area (Å²) in [6.45, 7) is 0.261. The number of hydrogen-bond donors (Lipinski definition) is 1. The van der Waals surface area contributed by atoms with Gasteiger partial charge in [-0.15, -0.1) is 0 Å². The van der Waals surface area contributed by atoms with Gasteiger partial charge in [0.15, 0.2) is 11.5 Å². The number of nitrogens with zero attached hydrogens (tertiary/aromatic N) is 2. The van der Waals surface area contributed by atoms with Gasteiger partial charge in [0, 0.05) is 31.2 Å². The minimum absolute atomic E-state index is 0.103. The number of sulfone groups is 1. The van der Waals surface area contributed by atoms with Gasteiger partial charge in [0.1, 0.15) is 5.65 Å². The van der Waals surface area contributed by atoms with E-state index >= 15 is 0 Å². The van der Waals surface area contributed by atoms with Crippen molar-refractivity contribution >= 4 is 21.4 Å². The fourth-order valence-electron chi connectivity index (χ4n) is 3.24. The standard InChI is InChI=1S/C23H21N3O5S/c1-30-20-9-8-19(13-21(20)31-2)32(28,29)18-6-3-16(4-7-18)14-25-23(27)17-5-10-22-24-11-12-26(22)15-17/h3-13,15H,14H2,1-2H3,(H,25,27). The molecular weight excluding hydrogens is 430 g/mol. The van der Waals surface area contributed by atoms with E-state index in [0.717, 1.165) is 11.2 Å². The Balaban J connectivity index is 1.47. The van der Waals surface area contributed by atoms with Crippen LogP contribution >= 0.6 is 0 Å². The molecule has 0 aliphatic carbocycles. The molecule has 164 valence electrons. The highest BCUT2D eigenvalue weighted by Gasteiger charge is 2.20. The zero-order valence-corrected chi connectivity index (χ0v) is 18.3. The van der Waals surface area contributed by atoms with Crippen LogP contribution in [0.15, 0.2) is 83.0 Å². The normalized spacial score (nSPS) is 11.3. The van der Waals surface area contributed by atoms with Crippen molar-refractivity contribution in [1.29, 1.82) is 0 Å². The second-order valence-corrected chi connectivity index (χ2v) is 8.91. The first-order chi connectivity index (χ1) is 15.4. The smallest absolute Gasteiger partial charge is 0.253 e. The highest BCUT2D eigenvalue weighted by molar-refractivity contribution is 7.91. The number of benzene rings is 2. The second kappa shape index (κ2) is 8.72. The average Bonchev–Trinajstić information content (AvgIpc) is 3.30. The maximum atomic E-state index is 13.0. The summed E-state index contributed by atoms with van der Waals surface area (Å²) in [6.07, 6.45) is 5.13. The molecule has 0 aliphatic rings. The van der Waals surface area contributed by atoms with Crippen molar-refractivity contribution in [2.75, 3.05) is 14.2 Å². The molecule has 9 heteroatoms. The molecular formula is C23H21N3O5S. The highest BCUT2D eigenvalue weighted by Crippen LogP contribution is 2.31. The van der Waals surface area contributed by atoms with Crippen LogP contribution in [0.4, 0.5) is 0 Å². The molecule has 2 aromatic carbocycles. The summed E-state index contributed by atoms with van der Waals surface area (Å²) in [5, 5.41) is 2.84. The van der Waals surface area contributed by atoms with E-state index < -0.39 is 9.84 Å². The van der Waals surface area contributed by atoms with Crippen LogP contribution in [0.1, 0.15) is 15.9 Å². The molecule has 0 saturated carbocycles. The van der Waals surface area contributed by atoms with Gasteiger partial charge in [-0.05, 0) is 42.0 Å². The Morgan fingerprint density at radius 3 is 2.41 bits per heavy atom. The van der Waals surface area contributed by atoms with Crippen LogP contribution in [0.5, 0.6) is 11.5 Å². The van der Waals surface area contributed by atoms with Crippen molar-refractivity contribution in [3.05, 3.63) is 84.3 Å². The second-order valence-electron chi connectivity index (χ2n) is 6.96. The molecule has 0 spiro atoms. The van der Waals surface area contributed by atoms with Gasteiger partial charge in [0.25, 0.3) is 5.91 Å². The van der Waals surface area contributed by atoms with Gasteiger partial charge < -0.3 is 19.2 Å². The molecule has 0 atom stereocenters. The molecule has 0 fully saturated rings. The van der Waals surface area contributed by atoms with E-state index in [4.69, 9.17) is 9.47 Å². The topological polar surface area (TPSA) is 99.0 Å². The van der Waals surface area contributed by atoms with Crippen molar-refractivity contribution in [2.24, 2.45) is 0 Å². The maximum Gasteiger partial charge on any atom is 0.253 e. The zero-order chi connectivity index (χ0) is 22.7. The number of aromatic nitrogens is 2. The van der Waals surface area contributed by atoms with Gasteiger partial charge >= 0.3 is 0 Å². The van der Waals surface area contributed by atoms with Crippen molar-refractivity contribution in [1.82, 2.24) is 14.7 Å². The van der Waals surface area contributed by atoms with Crippen LogP contribution in [0.2, 0.25) is 0 Å². The van der Waals surface area contributed by atoms with Gasteiger partial charge in [0.05, 0.1) is 29.6 Å². The summed E-state index contributed by atoms with van der Waals surface area (Å²) in [4.78, 5) is 16.8. The van der Waals surface area contributed by atoms with Crippen LogP contribution in [0.25, 0.3) is 5.65 Å². The molecule has 4 rings (SSSR count). The van der Waals surface area contributed by atoms with Crippen molar-refractivity contribution in [3.63, 3.8) is 0 Å². The van der Waals surface area contributed by atoms with Crippen molar-refractivity contribution in [3.8, 4) is 11.5 Å². The van der Waals surface area contributed by atoms with Gasteiger partial charge in [-0.25, -0.2) is 13.4 Å². The number of carbonyl (C=O) groups excluding carboxylic acids is 1. The third-order valence-corrected chi connectivity index (χ3v) is 6.77. The van der Waals surface area contributed by atoms with E-state index in [1.54, 1.807) is 53.3 Å². The number of rotatable bonds is 7. The minimum Gasteiger partial charge on any atom is -0.493 e. The molecule has 32 heavy (non-hydrogen) atoms. The Bertz CT molecular complexity index is 1380. The fraction of sp³-hybridized carbons (Fsp3) is 0.130. The highest BCUT2D eigenvalue weighted by atomic mass is 32.2. The number of pyridine rings is 1. The minimum atomic E-state index is -3.73. The van der Waals surface area contributed by atoms with Crippen LogP contribution in [-0.2, 0) is 16.4 Å². The lowest BCUT2D eigenvalue weighted by Gasteiger charge is -2.11. The predicted octanol–water partition coefficient (Wildman–Crippen LogP) is 3.11. The molecule has 0 aliphatic heterocycles. The molecule has 0 unspecified atom stereocenters. The SMILES string of the molecule is COc1ccc(S(=O)(=O)c2ccc(CNC(=O)c3ccc4nccn4c3)cc2)cc1OC. The molecule has 0 saturated heterocycles. The van der Waals surface area contributed by atoms with Crippen molar-refractivity contribution in [2.45, 2.75) is 16.3 Å². The monoisotopic (exact) mass is 451 g/mol. The van der Waals surface area contributed by atoms with Gasteiger partial charge in [-0.3, -0.25) is 4.79 Å². The summed E-state index contributed by atoms with van der Waals surface area (Å²) in [5.41, 5.74) is 2.03. The van der Waals surface area contributed by atoms with Gasteiger partial charge in [-0.2, -0.15) is 0 Å². The number of fused-ring (bicyclic) bond motifs is 1. The van der Waals surface area contributed by atoms with Crippen LogP contribution in [-0.4, -0.2) is 37.9 Å². The van der Waals surface area contributed by atoms with E-state index in [1.165, 1.54) is 38.5 Å². The quantitative estimate of drug-likeness (QED) is 0.464. The number of methoxy groups -OCH3 is 2. The molecule has 8 nitrogen and oxygen atoms in total. The molecule has 2 aromatic heterocycles. The molecule has 0 radical (unpaired) electrons. The van der Waals surface area contributed by atoms with Crippen LogP contribution < -0.4 is 14.8 Å². The largest absolute Gasteiger partial charge is 0.493 e. The lowest BCUT2D eigenvalue weighted by atomic mass is 10.2. The third kappa shape index (κ3) is 4.15. The Labute approximate surface area is 185 Å². The first kappa shape index (κ1) is 21.4. The summed E-state index contributed by atoms with van der Waals surface area (Å²) < 4.78 is 38.1. The maximum absolute atomic E-state index is 13.0. The predicted molar refractivity (Wildman–Crippen MR) is 118 cm³/mol. The molecule has 2 heterocycles. The van der Waals surface area contributed by atoms with E-state index in [2.05, 4.69) is 10.3 Å².